The Bertz CT molecular complexity index is 870. The van der Waals surface area contributed by atoms with Crippen LogP contribution in [0, 0.1) is 0 Å². The Kier molecular flexibility index (Phi) is 4.42. The Morgan fingerprint density at radius 1 is 1.12 bits per heavy atom. The molecule has 2 N–H and O–H groups in total. The van der Waals surface area contributed by atoms with E-state index in [2.05, 4.69) is 10.3 Å². The molecule has 5 heteroatoms. The van der Waals surface area contributed by atoms with Crippen LogP contribution in [0.25, 0.3) is 10.9 Å². The quantitative estimate of drug-likeness (QED) is 0.676. The molecule has 1 atom stereocenters. The molecule has 1 heterocycles. The van der Waals surface area contributed by atoms with Gasteiger partial charge in [-0.25, -0.2) is 0 Å². The van der Waals surface area contributed by atoms with Crippen LogP contribution in [0.4, 0.5) is 5.69 Å². The first-order valence-corrected chi connectivity index (χ1v) is 7.73. The average Bonchev–Trinajstić information content (AvgIpc) is 3.05. The Morgan fingerprint density at radius 3 is 2.67 bits per heavy atom. The zero-order chi connectivity index (χ0) is 17.1. The number of fused-ring (bicyclic) bond motifs is 1. The van der Waals surface area contributed by atoms with Crippen molar-refractivity contribution in [2.24, 2.45) is 0 Å². The summed E-state index contributed by atoms with van der Waals surface area (Å²) in [6.07, 6.45) is 1.76. The van der Waals surface area contributed by atoms with Gasteiger partial charge in [-0.15, -0.1) is 0 Å². The Hall–Kier alpha value is -2.95. The van der Waals surface area contributed by atoms with Crippen molar-refractivity contribution >= 4 is 22.4 Å². The van der Waals surface area contributed by atoms with Gasteiger partial charge in [0.2, 0.25) is 0 Å². The van der Waals surface area contributed by atoms with Crippen LogP contribution >= 0.6 is 0 Å². The van der Waals surface area contributed by atoms with Gasteiger partial charge in [0, 0.05) is 28.7 Å². The van der Waals surface area contributed by atoms with Gasteiger partial charge in [0.1, 0.15) is 11.5 Å². The highest BCUT2D eigenvalue weighted by molar-refractivity contribution is 6.11. The fourth-order valence-electron chi connectivity index (χ4n) is 2.73. The first kappa shape index (κ1) is 15.9. The van der Waals surface area contributed by atoms with Crippen molar-refractivity contribution in [2.75, 3.05) is 19.5 Å². The number of H-pyrrole nitrogens is 1. The van der Waals surface area contributed by atoms with Gasteiger partial charge in [0.05, 0.1) is 25.9 Å². The molecule has 0 fully saturated rings. The van der Waals surface area contributed by atoms with Crippen LogP contribution in [-0.4, -0.2) is 31.0 Å². The molecular formula is C19H20N2O3. The van der Waals surface area contributed by atoms with Crippen molar-refractivity contribution in [2.45, 2.75) is 13.0 Å². The molecule has 0 saturated heterocycles. The number of ether oxygens (including phenoxy) is 2. The van der Waals surface area contributed by atoms with Gasteiger partial charge in [-0.2, -0.15) is 0 Å². The lowest BCUT2D eigenvalue weighted by atomic mass is 10.0. The summed E-state index contributed by atoms with van der Waals surface area (Å²) in [4.78, 5) is 15.9. The number of aromatic nitrogens is 1. The molecule has 3 rings (SSSR count). The molecule has 0 unspecified atom stereocenters. The standard InChI is InChI=1S/C19H20N2O3/c1-12(21-17-9-8-13(23-2)10-18(17)24-3)19(22)15-11-20-16-7-5-4-6-14(15)16/h4-12,20-21H,1-3H3/t12-/m1/s1. The number of hydrogen-bond acceptors (Lipinski definition) is 4. The number of carbonyl (C=O) groups is 1. The number of carbonyl (C=O) groups excluding carboxylic acids is 1. The number of Topliss-reactive ketones (excluding diaryl/α,β-unsaturated/α-hetero) is 1. The van der Waals surface area contributed by atoms with E-state index in [1.165, 1.54) is 0 Å². The summed E-state index contributed by atoms with van der Waals surface area (Å²) in [5.41, 5.74) is 2.38. The van der Waals surface area contributed by atoms with Crippen LogP contribution in [0.1, 0.15) is 17.3 Å². The molecule has 0 aliphatic heterocycles. The minimum atomic E-state index is -0.397. The van der Waals surface area contributed by atoms with Crippen LogP contribution in [0.2, 0.25) is 0 Å². The van der Waals surface area contributed by atoms with Crippen molar-refractivity contribution in [3.8, 4) is 11.5 Å². The summed E-state index contributed by atoms with van der Waals surface area (Å²) < 4.78 is 10.6. The molecular weight excluding hydrogens is 304 g/mol. The Morgan fingerprint density at radius 2 is 1.92 bits per heavy atom. The second kappa shape index (κ2) is 6.66. The van der Waals surface area contributed by atoms with Gasteiger partial charge in [-0.3, -0.25) is 4.79 Å². The summed E-state index contributed by atoms with van der Waals surface area (Å²) in [6, 6.07) is 12.8. The van der Waals surface area contributed by atoms with Crippen LogP contribution in [0.15, 0.2) is 48.7 Å². The first-order valence-electron chi connectivity index (χ1n) is 7.73. The predicted octanol–water partition coefficient (Wildman–Crippen LogP) is 3.87. The average molecular weight is 324 g/mol. The lowest BCUT2D eigenvalue weighted by molar-refractivity contribution is 0.0977. The third-order valence-corrected chi connectivity index (χ3v) is 4.03. The van der Waals surface area contributed by atoms with E-state index in [1.807, 2.05) is 43.3 Å². The molecule has 1 aromatic heterocycles. The van der Waals surface area contributed by atoms with Crippen LogP contribution in [-0.2, 0) is 0 Å². The monoisotopic (exact) mass is 324 g/mol. The van der Waals surface area contributed by atoms with Gasteiger partial charge >= 0.3 is 0 Å². The predicted molar refractivity (Wildman–Crippen MR) is 95.3 cm³/mol. The van der Waals surface area contributed by atoms with E-state index in [-0.39, 0.29) is 5.78 Å². The highest BCUT2D eigenvalue weighted by Gasteiger charge is 2.19. The van der Waals surface area contributed by atoms with E-state index >= 15 is 0 Å². The van der Waals surface area contributed by atoms with Crippen molar-refractivity contribution in [1.29, 1.82) is 0 Å². The number of nitrogens with one attached hydrogen (secondary N) is 2. The van der Waals surface area contributed by atoms with Crippen LogP contribution in [0.5, 0.6) is 11.5 Å². The second-order valence-corrected chi connectivity index (χ2v) is 5.54. The van der Waals surface area contributed by atoms with Gasteiger partial charge in [0.25, 0.3) is 0 Å². The van der Waals surface area contributed by atoms with E-state index in [0.29, 0.717) is 17.1 Å². The smallest absolute Gasteiger partial charge is 0.186 e. The zero-order valence-corrected chi connectivity index (χ0v) is 13.9. The molecule has 0 spiro atoms. The summed E-state index contributed by atoms with van der Waals surface area (Å²) >= 11 is 0. The molecule has 0 bridgehead atoms. The SMILES string of the molecule is COc1ccc(N[C@H](C)C(=O)c2c[nH]c3ccccc23)c(OC)c1. The maximum absolute atomic E-state index is 12.8. The van der Waals surface area contributed by atoms with Crippen molar-refractivity contribution in [3.05, 3.63) is 54.2 Å². The Balaban J connectivity index is 1.84. The minimum Gasteiger partial charge on any atom is -0.497 e. The highest BCUT2D eigenvalue weighted by atomic mass is 16.5. The third-order valence-electron chi connectivity index (χ3n) is 4.03. The summed E-state index contributed by atoms with van der Waals surface area (Å²) in [6.45, 7) is 1.84. The van der Waals surface area contributed by atoms with Gasteiger partial charge in [-0.1, -0.05) is 18.2 Å². The molecule has 0 saturated carbocycles. The second-order valence-electron chi connectivity index (χ2n) is 5.54. The Labute approximate surface area is 140 Å². The first-order chi connectivity index (χ1) is 11.6. The lowest BCUT2D eigenvalue weighted by Crippen LogP contribution is -2.26. The molecule has 0 aliphatic carbocycles. The fourth-order valence-corrected chi connectivity index (χ4v) is 2.73. The fraction of sp³-hybridized carbons (Fsp3) is 0.211. The maximum atomic E-state index is 12.8. The normalized spacial score (nSPS) is 12.0. The van der Waals surface area contributed by atoms with Gasteiger partial charge < -0.3 is 19.8 Å². The number of aromatic amines is 1. The highest BCUT2D eigenvalue weighted by Crippen LogP contribution is 2.30. The number of methoxy groups -OCH3 is 2. The van der Waals surface area contributed by atoms with Crippen molar-refractivity contribution in [1.82, 2.24) is 4.98 Å². The number of anilines is 1. The number of para-hydroxylation sites is 1. The number of hydrogen-bond donors (Lipinski definition) is 2. The number of benzene rings is 2. The van der Waals surface area contributed by atoms with Gasteiger partial charge in [0.15, 0.2) is 5.78 Å². The van der Waals surface area contributed by atoms with Crippen molar-refractivity contribution < 1.29 is 14.3 Å². The molecule has 3 aromatic rings. The number of rotatable bonds is 6. The minimum absolute atomic E-state index is 0.0188. The largest absolute Gasteiger partial charge is 0.497 e. The molecule has 2 aromatic carbocycles. The molecule has 24 heavy (non-hydrogen) atoms. The summed E-state index contributed by atoms with van der Waals surface area (Å²) in [7, 11) is 3.19. The topological polar surface area (TPSA) is 63.3 Å². The zero-order valence-electron chi connectivity index (χ0n) is 13.9. The third kappa shape index (κ3) is 2.93. The van der Waals surface area contributed by atoms with E-state index in [0.717, 1.165) is 16.6 Å². The number of ketones is 1. The molecule has 0 amide bonds. The molecule has 0 aliphatic rings. The molecule has 5 nitrogen and oxygen atoms in total. The maximum Gasteiger partial charge on any atom is 0.186 e. The summed E-state index contributed by atoms with van der Waals surface area (Å²) in [5.74, 6) is 1.35. The van der Waals surface area contributed by atoms with Crippen LogP contribution in [0.3, 0.4) is 0 Å². The van der Waals surface area contributed by atoms with E-state index < -0.39 is 6.04 Å². The molecule has 0 radical (unpaired) electrons. The molecule has 124 valence electrons. The summed E-state index contributed by atoms with van der Waals surface area (Å²) in [5, 5.41) is 4.15. The van der Waals surface area contributed by atoms with Gasteiger partial charge in [-0.05, 0) is 25.1 Å². The van der Waals surface area contributed by atoms with E-state index in [1.54, 1.807) is 26.5 Å². The van der Waals surface area contributed by atoms with E-state index in [9.17, 15) is 4.79 Å². The van der Waals surface area contributed by atoms with Crippen molar-refractivity contribution in [3.63, 3.8) is 0 Å². The van der Waals surface area contributed by atoms with E-state index in [4.69, 9.17) is 9.47 Å². The van der Waals surface area contributed by atoms with Crippen LogP contribution < -0.4 is 14.8 Å². The lowest BCUT2D eigenvalue weighted by Gasteiger charge is -2.17.